The molecule has 4 heterocycles. The van der Waals surface area contributed by atoms with Crippen LogP contribution in [-0.4, -0.2) is 66.1 Å². The van der Waals surface area contributed by atoms with Gasteiger partial charge in [-0.05, 0) is 6.92 Å². The van der Waals surface area contributed by atoms with Crippen molar-refractivity contribution in [1.82, 2.24) is 19.8 Å². The van der Waals surface area contributed by atoms with Gasteiger partial charge in [0.05, 0.1) is 18.3 Å². The van der Waals surface area contributed by atoms with Crippen molar-refractivity contribution in [3.05, 3.63) is 17.6 Å². The lowest BCUT2D eigenvalue weighted by atomic mass is 10.1. The van der Waals surface area contributed by atoms with Crippen molar-refractivity contribution in [3.8, 4) is 0 Å². The maximum atomic E-state index is 5.22. The van der Waals surface area contributed by atoms with Crippen molar-refractivity contribution in [2.75, 3.05) is 51.7 Å². The summed E-state index contributed by atoms with van der Waals surface area (Å²) in [5, 5.41) is 3.29. The van der Waals surface area contributed by atoms with E-state index in [9.17, 15) is 0 Å². The topological polar surface area (TPSA) is 53.5 Å². The molecule has 3 aliphatic heterocycles. The van der Waals surface area contributed by atoms with Gasteiger partial charge in [0, 0.05) is 52.4 Å². The third kappa shape index (κ3) is 2.77. The first-order chi connectivity index (χ1) is 9.80. The molecule has 20 heavy (non-hydrogen) atoms. The molecule has 3 fully saturated rings. The Hall–Kier alpha value is -1.24. The number of nitrogens with zero attached hydrogens (tertiary/aromatic N) is 4. The van der Waals surface area contributed by atoms with Crippen molar-refractivity contribution in [2.45, 2.75) is 19.6 Å². The van der Waals surface area contributed by atoms with Gasteiger partial charge in [0.15, 0.2) is 0 Å². The van der Waals surface area contributed by atoms with Crippen LogP contribution in [0.15, 0.2) is 6.07 Å². The molecule has 0 saturated carbocycles. The van der Waals surface area contributed by atoms with Crippen LogP contribution >= 0.6 is 0 Å². The Kier molecular flexibility index (Phi) is 4.14. The summed E-state index contributed by atoms with van der Waals surface area (Å²) in [6.45, 7) is 9.12. The normalized spacial score (nSPS) is 28.6. The van der Waals surface area contributed by atoms with Crippen LogP contribution in [0.5, 0.6) is 0 Å². The Morgan fingerprint density at radius 1 is 1.30 bits per heavy atom. The zero-order chi connectivity index (χ0) is 13.9. The average Bonchev–Trinajstić information content (AvgIpc) is 2.49. The maximum Gasteiger partial charge on any atom is 0.149 e. The fourth-order valence-electron chi connectivity index (χ4n) is 3.02. The highest BCUT2D eigenvalue weighted by Crippen LogP contribution is 2.27. The summed E-state index contributed by atoms with van der Waals surface area (Å²) in [4.78, 5) is 14.4. The van der Waals surface area contributed by atoms with E-state index < -0.39 is 0 Å². The van der Waals surface area contributed by atoms with Crippen molar-refractivity contribution in [2.24, 2.45) is 0 Å². The van der Waals surface area contributed by atoms with E-state index >= 15 is 0 Å². The number of hydrogen-bond acceptors (Lipinski definition) is 6. The van der Waals surface area contributed by atoms with Gasteiger partial charge in [-0.2, -0.15) is 0 Å². The van der Waals surface area contributed by atoms with Gasteiger partial charge in [-0.3, -0.25) is 9.80 Å². The Morgan fingerprint density at radius 3 is 2.70 bits per heavy atom. The van der Waals surface area contributed by atoms with E-state index in [2.05, 4.69) is 22.0 Å². The number of ether oxygens (including phenoxy) is 1. The minimum absolute atomic E-state index is 0.326. The van der Waals surface area contributed by atoms with Gasteiger partial charge in [0.2, 0.25) is 0 Å². The number of aromatic nitrogens is 2. The van der Waals surface area contributed by atoms with Crippen molar-refractivity contribution >= 4 is 5.82 Å². The van der Waals surface area contributed by atoms with Crippen LogP contribution in [-0.2, 0) is 11.3 Å². The van der Waals surface area contributed by atoms with E-state index in [0.717, 1.165) is 43.5 Å². The molecule has 3 saturated heterocycles. The smallest absolute Gasteiger partial charge is 0.149 e. The Labute approximate surface area is 120 Å². The highest BCUT2D eigenvalue weighted by atomic mass is 16.5. The third-order valence-electron chi connectivity index (χ3n) is 4.02. The van der Waals surface area contributed by atoms with E-state index in [-0.39, 0.29) is 0 Å². The molecule has 1 atom stereocenters. The van der Waals surface area contributed by atoms with Gasteiger partial charge in [-0.1, -0.05) is 0 Å². The Morgan fingerprint density at radius 2 is 2.10 bits per heavy atom. The van der Waals surface area contributed by atoms with E-state index in [1.165, 1.54) is 13.1 Å². The number of nitrogens with one attached hydrogen (secondary N) is 1. The van der Waals surface area contributed by atoms with E-state index in [1.807, 2.05) is 6.07 Å². The summed E-state index contributed by atoms with van der Waals surface area (Å²) in [6.07, 6.45) is 0. The summed E-state index contributed by atoms with van der Waals surface area (Å²) >= 11 is 0. The molecule has 2 bridgehead atoms. The van der Waals surface area contributed by atoms with Crippen LogP contribution in [0.3, 0.4) is 0 Å². The standard InChI is InChI=1S/C14H23N5O/c1-3-15-13-8-11(10-20-2)16-14(17-13)12-9-18-4-6-19(12)7-5-18/h8,12H,3-7,9-10H2,1-2H3,(H,15,16,17). The number of anilines is 1. The fourth-order valence-corrected chi connectivity index (χ4v) is 3.02. The SMILES string of the molecule is CCNc1cc(COC)nc(C2CN3CCN2CC3)n1. The minimum Gasteiger partial charge on any atom is -0.378 e. The summed E-state index contributed by atoms with van der Waals surface area (Å²) in [7, 11) is 1.70. The molecule has 1 aromatic rings. The zero-order valence-corrected chi connectivity index (χ0v) is 12.3. The molecule has 0 radical (unpaired) electrons. The van der Waals surface area contributed by atoms with Crippen molar-refractivity contribution < 1.29 is 4.74 Å². The lowest BCUT2D eigenvalue weighted by molar-refractivity contribution is 0.00848. The fraction of sp³-hybridized carbons (Fsp3) is 0.714. The lowest BCUT2D eigenvalue weighted by Gasteiger charge is -2.46. The first-order valence-electron chi connectivity index (χ1n) is 7.37. The van der Waals surface area contributed by atoms with Crippen LogP contribution in [0.4, 0.5) is 5.82 Å². The largest absolute Gasteiger partial charge is 0.378 e. The molecule has 0 aromatic carbocycles. The second kappa shape index (κ2) is 6.03. The van der Waals surface area contributed by atoms with Gasteiger partial charge in [-0.15, -0.1) is 0 Å². The van der Waals surface area contributed by atoms with Crippen molar-refractivity contribution in [1.29, 1.82) is 0 Å². The van der Waals surface area contributed by atoms with Crippen LogP contribution in [0, 0.1) is 0 Å². The number of methoxy groups -OCH3 is 1. The van der Waals surface area contributed by atoms with Gasteiger partial charge >= 0.3 is 0 Å². The molecule has 1 unspecified atom stereocenters. The maximum absolute atomic E-state index is 5.22. The predicted molar refractivity (Wildman–Crippen MR) is 77.7 cm³/mol. The Balaban J connectivity index is 1.87. The predicted octanol–water partition coefficient (Wildman–Crippen LogP) is 0.727. The number of fused-ring (bicyclic) bond motifs is 3. The zero-order valence-electron chi connectivity index (χ0n) is 12.3. The molecule has 1 N–H and O–H groups in total. The van der Waals surface area contributed by atoms with Crippen molar-refractivity contribution in [3.63, 3.8) is 0 Å². The first kappa shape index (κ1) is 13.7. The van der Waals surface area contributed by atoms with Gasteiger partial charge < -0.3 is 10.1 Å². The molecular formula is C14H23N5O. The summed E-state index contributed by atoms with van der Waals surface area (Å²) < 4.78 is 5.22. The molecule has 110 valence electrons. The third-order valence-corrected chi connectivity index (χ3v) is 4.02. The summed E-state index contributed by atoms with van der Waals surface area (Å²) in [5.41, 5.74) is 0.950. The van der Waals surface area contributed by atoms with Crippen LogP contribution in [0.2, 0.25) is 0 Å². The van der Waals surface area contributed by atoms with Crippen LogP contribution in [0.1, 0.15) is 24.5 Å². The number of hydrogen-bond donors (Lipinski definition) is 1. The van der Waals surface area contributed by atoms with E-state index in [0.29, 0.717) is 12.6 Å². The first-order valence-corrected chi connectivity index (χ1v) is 7.37. The van der Waals surface area contributed by atoms with Crippen LogP contribution in [0.25, 0.3) is 0 Å². The van der Waals surface area contributed by atoms with Gasteiger partial charge in [-0.25, -0.2) is 9.97 Å². The molecule has 6 heteroatoms. The molecule has 0 aliphatic carbocycles. The highest BCUT2D eigenvalue weighted by molar-refractivity contribution is 5.36. The molecule has 4 rings (SSSR count). The molecule has 0 spiro atoms. The molecule has 0 amide bonds. The van der Waals surface area contributed by atoms with Gasteiger partial charge in [0.1, 0.15) is 11.6 Å². The van der Waals surface area contributed by atoms with E-state index in [1.54, 1.807) is 7.11 Å². The second-order valence-electron chi connectivity index (χ2n) is 5.42. The Bertz CT molecular complexity index is 435. The number of rotatable bonds is 5. The summed E-state index contributed by atoms with van der Waals surface area (Å²) in [5.74, 6) is 1.84. The summed E-state index contributed by atoms with van der Waals surface area (Å²) in [6, 6.07) is 2.31. The highest BCUT2D eigenvalue weighted by Gasteiger charge is 2.34. The van der Waals surface area contributed by atoms with Gasteiger partial charge in [0.25, 0.3) is 0 Å². The monoisotopic (exact) mass is 277 g/mol. The lowest BCUT2D eigenvalue weighted by Crippen LogP contribution is -2.57. The van der Waals surface area contributed by atoms with Crippen LogP contribution < -0.4 is 5.32 Å². The molecular weight excluding hydrogens is 254 g/mol. The molecule has 6 nitrogen and oxygen atoms in total. The molecule has 3 aliphatic rings. The average molecular weight is 277 g/mol. The molecule has 1 aromatic heterocycles. The van der Waals surface area contributed by atoms with E-state index in [4.69, 9.17) is 14.7 Å². The second-order valence-corrected chi connectivity index (χ2v) is 5.42. The minimum atomic E-state index is 0.326. The quantitative estimate of drug-likeness (QED) is 0.856. The number of piperazine rings is 3.